The molecule has 1 heterocycles. The zero-order valence-electron chi connectivity index (χ0n) is 11.5. The molecule has 0 bridgehead atoms. The van der Waals surface area contributed by atoms with Crippen molar-refractivity contribution in [2.75, 3.05) is 25.4 Å². The van der Waals surface area contributed by atoms with Crippen molar-refractivity contribution in [2.45, 2.75) is 32.1 Å². The first-order chi connectivity index (χ1) is 8.67. The molecule has 2 atom stereocenters. The summed E-state index contributed by atoms with van der Waals surface area (Å²) in [7, 11) is 0. The zero-order valence-corrected chi connectivity index (χ0v) is 12.4. The predicted octanol–water partition coefficient (Wildman–Crippen LogP) is 2.58. The van der Waals surface area contributed by atoms with Gasteiger partial charge in [-0.2, -0.15) is 0 Å². The first-order valence-corrected chi connectivity index (χ1v) is 7.65. The van der Waals surface area contributed by atoms with Crippen molar-refractivity contribution < 1.29 is 5.11 Å². The molecule has 1 aromatic rings. The molecule has 0 aromatic carbocycles. The molecule has 1 aromatic heterocycles. The summed E-state index contributed by atoms with van der Waals surface area (Å²) in [4.78, 5) is 6.58. The molecule has 1 rings (SSSR count). The molecule has 0 aliphatic heterocycles. The number of rotatable bonds is 8. The summed E-state index contributed by atoms with van der Waals surface area (Å²) in [5.41, 5.74) is 1.08. The highest BCUT2D eigenvalue weighted by molar-refractivity contribution is 7.99. The van der Waals surface area contributed by atoms with E-state index in [0.29, 0.717) is 5.25 Å². The molecule has 0 aliphatic carbocycles. The molecule has 0 saturated carbocycles. The summed E-state index contributed by atoms with van der Waals surface area (Å²) >= 11 is 1.76. The lowest BCUT2D eigenvalue weighted by Crippen LogP contribution is -2.33. The van der Waals surface area contributed by atoms with Crippen LogP contribution in [0.3, 0.4) is 0 Å². The van der Waals surface area contributed by atoms with Crippen LogP contribution >= 0.6 is 11.8 Å². The Balaban J connectivity index is 2.32. The quantitative estimate of drug-likeness (QED) is 0.786. The fourth-order valence-corrected chi connectivity index (χ4v) is 2.72. The van der Waals surface area contributed by atoms with E-state index in [2.05, 4.69) is 30.7 Å². The van der Waals surface area contributed by atoms with Crippen LogP contribution in [-0.2, 0) is 0 Å². The van der Waals surface area contributed by atoms with Gasteiger partial charge in [-0.15, -0.1) is 11.8 Å². The number of hydrogen-bond acceptors (Lipinski definition) is 4. The maximum Gasteiger partial charge on any atom is 0.0757 e. The van der Waals surface area contributed by atoms with E-state index in [1.54, 1.807) is 11.8 Å². The lowest BCUT2D eigenvalue weighted by atomic mass is 10.3. The van der Waals surface area contributed by atoms with Gasteiger partial charge in [0.25, 0.3) is 0 Å². The molecule has 0 fully saturated rings. The topological polar surface area (TPSA) is 36.4 Å². The van der Waals surface area contributed by atoms with Gasteiger partial charge in [-0.3, -0.25) is 4.98 Å². The SMILES string of the molecule is CCN(CC)CC(O)CSC(C)c1ccccn1. The largest absolute Gasteiger partial charge is 0.391 e. The van der Waals surface area contributed by atoms with E-state index in [4.69, 9.17) is 0 Å². The van der Waals surface area contributed by atoms with E-state index in [1.165, 1.54) is 0 Å². The van der Waals surface area contributed by atoms with Gasteiger partial charge < -0.3 is 10.0 Å². The van der Waals surface area contributed by atoms with Gasteiger partial charge in [0.2, 0.25) is 0 Å². The summed E-state index contributed by atoms with van der Waals surface area (Å²) in [6.07, 6.45) is 1.56. The average Bonchev–Trinajstić information content (AvgIpc) is 2.43. The molecule has 18 heavy (non-hydrogen) atoms. The molecule has 0 amide bonds. The first-order valence-electron chi connectivity index (χ1n) is 6.60. The third-order valence-corrected chi connectivity index (χ3v) is 4.32. The third kappa shape index (κ3) is 5.38. The van der Waals surface area contributed by atoms with Crippen LogP contribution in [0, 0.1) is 0 Å². The Morgan fingerprint density at radius 2 is 2.06 bits per heavy atom. The van der Waals surface area contributed by atoms with Crippen LogP contribution in [0.25, 0.3) is 0 Å². The third-order valence-electron chi connectivity index (χ3n) is 3.01. The number of likely N-dealkylation sites (N-methyl/N-ethyl adjacent to an activating group) is 1. The number of pyridine rings is 1. The molecule has 4 heteroatoms. The Bertz CT molecular complexity index is 317. The van der Waals surface area contributed by atoms with Gasteiger partial charge in [0.15, 0.2) is 0 Å². The number of aliphatic hydroxyl groups is 1. The van der Waals surface area contributed by atoms with Crippen LogP contribution in [0.1, 0.15) is 31.7 Å². The number of aliphatic hydroxyl groups excluding tert-OH is 1. The maximum atomic E-state index is 9.99. The minimum Gasteiger partial charge on any atom is -0.391 e. The minimum absolute atomic E-state index is 0.263. The molecular formula is C14H24N2OS. The Morgan fingerprint density at radius 1 is 1.33 bits per heavy atom. The highest BCUT2D eigenvalue weighted by Gasteiger charge is 2.12. The lowest BCUT2D eigenvalue weighted by molar-refractivity contribution is 0.136. The van der Waals surface area contributed by atoms with E-state index in [9.17, 15) is 5.11 Å². The van der Waals surface area contributed by atoms with Crippen LogP contribution in [0.15, 0.2) is 24.4 Å². The average molecular weight is 268 g/mol. The van der Waals surface area contributed by atoms with Crippen LogP contribution in [0.2, 0.25) is 0 Å². The Hall–Kier alpha value is -0.580. The summed E-state index contributed by atoms with van der Waals surface area (Å²) < 4.78 is 0. The number of aromatic nitrogens is 1. The number of thioether (sulfide) groups is 1. The normalized spacial score (nSPS) is 14.7. The van der Waals surface area contributed by atoms with Crippen molar-refractivity contribution >= 4 is 11.8 Å². The van der Waals surface area contributed by atoms with E-state index in [0.717, 1.165) is 31.1 Å². The highest BCUT2D eigenvalue weighted by atomic mass is 32.2. The Kier molecular flexibility index (Phi) is 7.32. The molecular weight excluding hydrogens is 244 g/mol. The number of hydrogen-bond donors (Lipinski definition) is 1. The van der Waals surface area contributed by atoms with Gasteiger partial charge in [-0.1, -0.05) is 19.9 Å². The summed E-state index contributed by atoms with van der Waals surface area (Å²) in [5, 5.41) is 10.3. The van der Waals surface area contributed by atoms with Crippen LogP contribution < -0.4 is 0 Å². The van der Waals surface area contributed by atoms with Gasteiger partial charge in [0, 0.05) is 23.7 Å². The first kappa shape index (κ1) is 15.5. The van der Waals surface area contributed by atoms with E-state index in [-0.39, 0.29) is 6.10 Å². The fraction of sp³-hybridized carbons (Fsp3) is 0.643. The van der Waals surface area contributed by atoms with Gasteiger partial charge >= 0.3 is 0 Å². The second-order valence-corrected chi connectivity index (χ2v) is 5.74. The van der Waals surface area contributed by atoms with Crippen molar-refractivity contribution in [3.05, 3.63) is 30.1 Å². The molecule has 102 valence electrons. The van der Waals surface area contributed by atoms with Crippen LogP contribution in [0.5, 0.6) is 0 Å². The van der Waals surface area contributed by atoms with E-state index < -0.39 is 0 Å². The van der Waals surface area contributed by atoms with Crippen LogP contribution in [-0.4, -0.2) is 46.5 Å². The monoisotopic (exact) mass is 268 g/mol. The van der Waals surface area contributed by atoms with Gasteiger partial charge in [-0.05, 0) is 32.1 Å². The molecule has 0 saturated heterocycles. The smallest absolute Gasteiger partial charge is 0.0757 e. The standard InChI is InChI=1S/C14H24N2OS/c1-4-16(5-2)10-13(17)11-18-12(3)14-8-6-7-9-15-14/h6-9,12-13,17H,4-5,10-11H2,1-3H3. The molecule has 1 N–H and O–H groups in total. The highest BCUT2D eigenvalue weighted by Crippen LogP contribution is 2.26. The molecule has 0 radical (unpaired) electrons. The van der Waals surface area contributed by atoms with Crippen molar-refractivity contribution in [3.8, 4) is 0 Å². The van der Waals surface area contributed by atoms with Crippen molar-refractivity contribution in [1.82, 2.24) is 9.88 Å². The lowest BCUT2D eigenvalue weighted by Gasteiger charge is -2.22. The van der Waals surface area contributed by atoms with Gasteiger partial charge in [0.05, 0.1) is 11.8 Å². The summed E-state index contributed by atoms with van der Waals surface area (Å²) in [6.45, 7) is 9.13. The second-order valence-electron chi connectivity index (χ2n) is 4.37. The fourth-order valence-electron chi connectivity index (χ4n) is 1.79. The van der Waals surface area contributed by atoms with Gasteiger partial charge in [-0.25, -0.2) is 0 Å². The number of nitrogens with zero attached hydrogens (tertiary/aromatic N) is 2. The minimum atomic E-state index is -0.263. The second kappa shape index (κ2) is 8.51. The van der Waals surface area contributed by atoms with E-state index in [1.807, 2.05) is 24.4 Å². The van der Waals surface area contributed by atoms with Crippen molar-refractivity contribution in [3.63, 3.8) is 0 Å². The molecule has 3 nitrogen and oxygen atoms in total. The summed E-state index contributed by atoms with van der Waals surface area (Å²) in [6, 6.07) is 5.97. The predicted molar refractivity (Wildman–Crippen MR) is 78.9 cm³/mol. The van der Waals surface area contributed by atoms with Gasteiger partial charge in [0.1, 0.15) is 0 Å². The maximum absolute atomic E-state index is 9.99. The Labute approximate surface area is 115 Å². The molecule has 2 unspecified atom stereocenters. The van der Waals surface area contributed by atoms with E-state index >= 15 is 0 Å². The Morgan fingerprint density at radius 3 is 2.61 bits per heavy atom. The molecule has 0 spiro atoms. The summed E-state index contributed by atoms with van der Waals surface area (Å²) in [5.74, 6) is 0.758. The van der Waals surface area contributed by atoms with Crippen LogP contribution in [0.4, 0.5) is 0 Å². The van der Waals surface area contributed by atoms with Crippen molar-refractivity contribution in [1.29, 1.82) is 0 Å². The van der Waals surface area contributed by atoms with Crippen molar-refractivity contribution in [2.24, 2.45) is 0 Å². The molecule has 0 aliphatic rings. The zero-order chi connectivity index (χ0) is 13.4.